The molecule has 0 atom stereocenters. The van der Waals surface area contributed by atoms with Crippen LogP contribution in [0.1, 0.15) is 39.2 Å². The van der Waals surface area contributed by atoms with Gasteiger partial charge in [-0.05, 0) is 56.4 Å². The number of pyridine rings is 1. The molecule has 5 nitrogen and oxygen atoms in total. The van der Waals surface area contributed by atoms with E-state index < -0.39 is 5.97 Å². The maximum atomic E-state index is 12.9. The molecule has 3 aromatic rings. The molecule has 5 heteroatoms. The van der Waals surface area contributed by atoms with Gasteiger partial charge in [-0.15, -0.1) is 0 Å². The summed E-state index contributed by atoms with van der Waals surface area (Å²) in [5.41, 5.74) is 6.08. The predicted octanol–water partition coefficient (Wildman–Crippen LogP) is 4.14. The Hall–Kier alpha value is -3.21. The SMILES string of the molecule is Cc1ccc(NC(=O)COC(=O)c2c3c(nc4ccccc24)CCC3)c(C)c1. The third-order valence-electron chi connectivity index (χ3n) is 5.11. The number of rotatable bonds is 4. The Bertz CT molecular complexity index is 1090. The topological polar surface area (TPSA) is 68.3 Å². The summed E-state index contributed by atoms with van der Waals surface area (Å²) in [4.78, 5) is 29.8. The molecule has 0 radical (unpaired) electrons. The summed E-state index contributed by atoms with van der Waals surface area (Å²) in [5.74, 6) is -0.817. The molecule has 1 aromatic heterocycles. The highest BCUT2D eigenvalue weighted by molar-refractivity contribution is 6.06. The van der Waals surface area contributed by atoms with Crippen molar-refractivity contribution in [2.45, 2.75) is 33.1 Å². The Morgan fingerprint density at radius 1 is 1.11 bits per heavy atom. The molecule has 0 aliphatic heterocycles. The first-order valence-corrected chi connectivity index (χ1v) is 9.47. The minimum absolute atomic E-state index is 0.322. The second-order valence-electron chi connectivity index (χ2n) is 7.23. The lowest BCUT2D eigenvalue weighted by atomic mass is 10.0. The van der Waals surface area contributed by atoms with Gasteiger partial charge in [-0.25, -0.2) is 4.79 Å². The van der Waals surface area contributed by atoms with Crippen molar-refractivity contribution >= 4 is 28.5 Å². The van der Waals surface area contributed by atoms with E-state index in [0.29, 0.717) is 5.56 Å². The first kappa shape index (κ1) is 18.2. The van der Waals surface area contributed by atoms with Gasteiger partial charge >= 0.3 is 5.97 Å². The van der Waals surface area contributed by atoms with E-state index in [9.17, 15) is 9.59 Å². The molecule has 0 unspecified atom stereocenters. The van der Waals surface area contributed by atoms with E-state index in [1.54, 1.807) is 0 Å². The molecule has 1 N–H and O–H groups in total. The second kappa shape index (κ2) is 7.43. The Labute approximate surface area is 163 Å². The number of benzene rings is 2. The van der Waals surface area contributed by atoms with Crippen molar-refractivity contribution in [3.05, 3.63) is 70.4 Å². The number of nitrogens with zero attached hydrogens (tertiary/aromatic N) is 1. The number of amides is 1. The molecule has 1 aliphatic carbocycles. The molecule has 4 rings (SSSR count). The maximum absolute atomic E-state index is 12.9. The standard InChI is InChI=1S/C23H22N2O3/c1-14-10-11-18(15(2)12-14)25-21(26)13-28-23(27)22-16-6-3-4-8-19(16)24-20-9-5-7-17(20)22/h3-4,6,8,10-12H,5,7,9,13H2,1-2H3,(H,25,26). The van der Waals surface area contributed by atoms with Crippen molar-refractivity contribution in [2.75, 3.05) is 11.9 Å². The Morgan fingerprint density at radius 2 is 1.93 bits per heavy atom. The number of hydrogen-bond donors (Lipinski definition) is 1. The van der Waals surface area contributed by atoms with Crippen LogP contribution in [0, 0.1) is 13.8 Å². The Kier molecular flexibility index (Phi) is 4.82. The molecule has 1 aliphatic rings. The van der Waals surface area contributed by atoms with Crippen molar-refractivity contribution in [3.63, 3.8) is 0 Å². The monoisotopic (exact) mass is 374 g/mol. The lowest BCUT2D eigenvalue weighted by molar-refractivity contribution is -0.119. The first-order chi connectivity index (χ1) is 13.5. The van der Waals surface area contributed by atoms with E-state index in [2.05, 4.69) is 10.3 Å². The fraction of sp³-hybridized carbons (Fsp3) is 0.261. The van der Waals surface area contributed by atoms with E-state index in [-0.39, 0.29) is 12.5 Å². The van der Waals surface area contributed by atoms with E-state index in [1.165, 1.54) is 0 Å². The van der Waals surface area contributed by atoms with Crippen LogP contribution in [0.4, 0.5) is 5.69 Å². The number of esters is 1. The van der Waals surface area contributed by atoms with Crippen LogP contribution in [0.15, 0.2) is 42.5 Å². The number of ether oxygens (including phenoxy) is 1. The van der Waals surface area contributed by atoms with Crippen LogP contribution in [-0.4, -0.2) is 23.5 Å². The smallest absolute Gasteiger partial charge is 0.339 e. The fourth-order valence-corrected chi connectivity index (χ4v) is 3.79. The van der Waals surface area contributed by atoms with Gasteiger partial charge in [-0.2, -0.15) is 0 Å². The Morgan fingerprint density at radius 3 is 2.75 bits per heavy atom. The van der Waals surface area contributed by atoms with Crippen LogP contribution in [-0.2, 0) is 22.4 Å². The molecular formula is C23H22N2O3. The number of aryl methyl sites for hydroxylation is 3. The van der Waals surface area contributed by atoms with Crippen LogP contribution in [0.2, 0.25) is 0 Å². The number of carbonyl (C=O) groups is 2. The summed E-state index contributed by atoms with van der Waals surface area (Å²) < 4.78 is 5.38. The van der Waals surface area contributed by atoms with Gasteiger partial charge < -0.3 is 10.1 Å². The van der Waals surface area contributed by atoms with Gasteiger partial charge in [0, 0.05) is 16.8 Å². The van der Waals surface area contributed by atoms with Gasteiger partial charge in [0.15, 0.2) is 6.61 Å². The maximum Gasteiger partial charge on any atom is 0.339 e. The molecule has 1 amide bonds. The molecule has 0 saturated heterocycles. The van der Waals surface area contributed by atoms with Crippen molar-refractivity contribution < 1.29 is 14.3 Å². The fourth-order valence-electron chi connectivity index (χ4n) is 3.79. The van der Waals surface area contributed by atoms with Crippen LogP contribution < -0.4 is 5.32 Å². The minimum Gasteiger partial charge on any atom is -0.452 e. The highest BCUT2D eigenvalue weighted by atomic mass is 16.5. The third kappa shape index (κ3) is 3.48. The zero-order valence-corrected chi connectivity index (χ0v) is 16.0. The first-order valence-electron chi connectivity index (χ1n) is 9.47. The van der Waals surface area contributed by atoms with E-state index in [0.717, 1.165) is 58.2 Å². The zero-order valence-electron chi connectivity index (χ0n) is 16.0. The second-order valence-corrected chi connectivity index (χ2v) is 7.23. The normalized spacial score (nSPS) is 12.6. The number of anilines is 1. The van der Waals surface area contributed by atoms with Crippen LogP contribution in [0.25, 0.3) is 10.9 Å². The molecule has 142 valence electrons. The number of fused-ring (bicyclic) bond motifs is 2. The number of carbonyl (C=O) groups excluding carboxylic acids is 2. The minimum atomic E-state index is -0.465. The molecular weight excluding hydrogens is 352 g/mol. The van der Waals surface area contributed by atoms with Crippen molar-refractivity contribution in [1.29, 1.82) is 0 Å². The average Bonchev–Trinajstić information content (AvgIpc) is 3.14. The van der Waals surface area contributed by atoms with Crippen molar-refractivity contribution in [2.24, 2.45) is 0 Å². The highest BCUT2D eigenvalue weighted by Gasteiger charge is 2.25. The van der Waals surface area contributed by atoms with Crippen LogP contribution >= 0.6 is 0 Å². The number of para-hydroxylation sites is 1. The van der Waals surface area contributed by atoms with Gasteiger partial charge in [-0.3, -0.25) is 9.78 Å². The summed E-state index contributed by atoms with van der Waals surface area (Å²) in [5, 5.41) is 3.59. The van der Waals surface area contributed by atoms with Gasteiger partial charge in [0.25, 0.3) is 5.91 Å². The van der Waals surface area contributed by atoms with Gasteiger partial charge in [-0.1, -0.05) is 35.9 Å². The summed E-state index contributed by atoms with van der Waals surface area (Å²) in [6.07, 6.45) is 2.66. The summed E-state index contributed by atoms with van der Waals surface area (Å²) >= 11 is 0. The van der Waals surface area contributed by atoms with E-state index in [4.69, 9.17) is 4.74 Å². The van der Waals surface area contributed by atoms with E-state index >= 15 is 0 Å². The third-order valence-corrected chi connectivity index (χ3v) is 5.11. The summed E-state index contributed by atoms with van der Waals surface area (Å²) in [6, 6.07) is 13.4. The molecule has 0 bridgehead atoms. The van der Waals surface area contributed by atoms with Gasteiger partial charge in [0.2, 0.25) is 0 Å². The van der Waals surface area contributed by atoms with Crippen molar-refractivity contribution in [3.8, 4) is 0 Å². The molecule has 0 fully saturated rings. The molecule has 28 heavy (non-hydrogen) atoms. The zero-order chi connectivity index (χ0) is 19.7. The number of aromatic nitrogens is 1. The quantitative estimate of drug-likeness (QED) is 0.697. The van der Waals surface area contributed by atoms with Gasteiger partial charge in [0.05, 0.1) is 11.1 Å². The number of nitrogens with one attached hydrogen (secondary N) is 1. The van der Waals surface area contributed by atoms with Gasteiger partial charge in [0.1, 0.15) is 0 Å². The predicted molar refractivity (Wildman–Crippen MR) is 109 cm³/mol. The highest BCUT2D eigenvalue weighted by Crippen LogP contribution is 2.30. The van der Waals surface area contributed by atoms with E-state index in [1.807, 2.05) is 56.3 Å². The molecule has 2 aromatic carbocycles. The van der Waals surface area contributed by atoms with Crippen LogP contribution in [0.3, 0.4) is 0 Å². The summed E-state index contributed by atoms with van der Waals surface area (Å²) in [6.45, 7) is 3.61. The number of hydrogen-bond acceptors (Lipinski definition) is 4. The van der Waals surface area contributed by atoms with Crippen LogP contribution in [0.5, 0.6) is 0 Å². The molecule has 0 saturated carbocycles. The molecule has 1 heterocycles. The largest absolute Gasteiger partial charge is 0.452 e. The lowest BCUT2D eigenvalue weighted by Crippen LogP contribution is -2.22. The van der Waals surface area contributed by atoms with Crippen molar-refractivity contribution in [1.82, 2.24) is 4.98 Å². The Balaban J connectivity index is 1.52. The average molecular weight is 374 g/mol. The lowest BCUT2D eigenvalue weighted by Gasteiger charge is -2.13. The molecule has 0 spiro atoms. The summed E-state index contributed by atoms with van der Waals surface area (Å²) in [7, 11) is 0.